The van der Waals surface area contributed by atoms with Gasteiger partial charge in [0.25, 0.3) is 5.24 Å². The second-order valence-corrected chi connectivity index (χ2v) is 3.49. The molecule has 0 spiro atoms. The molecule has 0 aromatic heterocycles. The van der Waals surface area contributed by atoms with Gasteiger partial charge in [0, 0.05) is 0 Å². The van der Waals surface area contributed by atoms with Crippen LogP contribution in [0.3, 0.4) is 0 Å². The molecule has 0 bridgehead atoms. The summed E-state index contributed by atoms with van der Waals surface area (Å²) in [6, 6.07) is 8.96. The predicted molar refractivity (Wildman–Crippen MR) is 56.6 cm³/mol. The Labute approximate surface area is 97.2 Å². The Bertz CT molecular complexity index is 367. The van der Waals surface area contributed by atoms with Gasteiger partial charge >= 0.3 is 5.97 Å². The highest BCUT2D eigenvalue weighted by Crippen LogP contribution is 2.06. The van der Waals surface area contributed by atoms with Crippen molar-refractivity contribution >= 4 is 22.8 Å². The van der Waals surface area contributed by atoms with Gasteiger partial charge in [-0.2, -0.15) is 0 Å². The van der Waals surface area contributed by atoms with E-state index in [-0.39, 0.29) is 6.61 Å². The lowest BCUT2D eigenvalue weighted by atomic mass is 10.2. The van der Waals surface area contributed by atoms with Crippen LogP contribution in [0.5, 0.6) is 0 Å². The Morgan fingerprint density at radius 2 is 1.94 bits per heavy atom. The molecule has 0 unspecified atom stereocenters. The first-order chi connectivity index (χ1) is 7.59. The van der Waals surface area contributed by atoms with E-state index in [1.54, 1.807) is 24.3 Å². The van der Waals surface area contributed by atoms with Gasteiger partial charge in [0.15, 0.2) is 6.17 Å². The minimum atomic E-state index is -2.00. The Hall–Kier alpha value is -1.42. The standard InChI is InChI=1S/C11H10ClFO3/c12-11(15)9(13)6-10(14)16-7-8-4-2-1-3-5-8/h1-5,9H,6-7H2/t9-/m1/s1. The summed E-state index contributed by atoms with van der Waals surface area (Å²) in [5, 5.41) is -1.18. The molecular formula is C11H10ClFO3. The number of ether oxygens (including phenoxy) is 1. The highest BCUT2D eigenvalue weighted by Gasteiger charge is 2.19. The number of benzene rings is 1. The van der Waals surface area contributed by atoms with Crippen LogP contribution in [-0.2, 0) is 20.9 Å². The summed E-state index contributed by atoms with van der Waals surface area (Å²) >= 11 is 4.87. The van der Waals surface area contributed by atoms with Crippen molar-refractivity contribution in [2.24, 2.45) is 0 Å². The lowest BCUT2D eigenvalue weighted by Crippen LogP contribution is -2.17. The quantitative estimate of drug-likeness (QED) is 0.589. The van der Waals surface area contributed by atoms with Crippen LogP contribution < -0.4 is 0 Å². The summed E-state index contributed by atoms with van der Waals surface area (Å²) in [5.74, 6) is -0.787. The molecular weight excluding hydrogens is 235 g/mol. The van der Waals surface area contributed by atoms with Crippen LogP contribution in [-0.4, -0.2) is 17.4 Å². The number of halogens is 2. The summed E-state index contributed by atoms with van der Waals surface area (Å²) in [7, 11) is 0. The molecule has 3 nitrogen and oxygen atoms in total. The van der Waals surface area contributed by atoms with E-state index in [0.717, 1.165) is 5.56 Å². The first-order valence-electron chi connectivity index (χ1n) is 4.62. The molecule has 0 saturated heterocycles. The number of hydrogen-bond acceptors (Lipinski definition) is 3. The highest BCUT2D eigenvalue weighted by molar-refractivity contribution is 6.64. The first-order valence-corrected chi connectivity index (χ1v) is 5.00. The molecule has 0 heterocycles. The van der Waals surface area contributed by atoms with Gasteiger partial charge in [-0.1, -0.05) is 30.3 Å². The Morgan fingerprint density at radius 3 is 2.50 bits per heavy atom. The van der Waals surface area contributed by atoms with Gasteiger partial charge < -0.3 is 4.74 Å². The lowest BCUT2D eigenvalue weighted by molar-refractivity contribution is -0.147. The summed E-state index contributed by atoms with van der Waals surface area (Å²) in [5.41, 5.74) is 0.795. The lowest BCUT2D eigenvalue weighted by Gasteiger charge is -2.05. The van der Waals surface area contributed by atoms with Gasteiger partial charge in [-0.05, 0) is 17.2 Å². The van der Waals surface area contributed by atoms with Crippen LogP contribution in [0, 0.1) is 0 Å². The average Bonchev–Trinajstić information content (AvgIpc) is 2.27. The smallest absolute Gasteiger partial charge is 0.309 e. The van der Waals surface area contributed by atoms with Crippen molar-refractivity contribution in [3.05, 3.63) is 35.9 Å². The van der Waals surface area contributed by atoms with E-state index in [4.69, 9.17) is 16.3 Å². The third kappa shape index (κ3) is 4.40. The fraction of sp³-hybridized carbons (Fsp3) is 0.273. The van der Waals surface area contributed by atoms with E-state index in [9.17, 15) is 14.0 Å². The van der Waals surface area contributed by atoms with Crippen molar-refractivity contribution in [1.82, 2.24) is 0 Å². The largest absolute Gasteiger partial charge is 0.461 e. The van der Waals surface area contributed by atoms with Gasteiger partial charge in [0.2, 0.25) is 0 Å². The summed E-state index contributed by atoms with van der Waals surface area (Å²) in [6.45, 7) is 0.0584. The van der Waals surface area contributed by atoms with Crippen LogP contribution in [0.15, 0.2) is 30.3 Å². The van der Waals surface area contributed by atoms with Crippen LogP contribution in [0.2, 0.25) is 0 Å². The summed E-state index contributed by atoms with van der Waals surface area (Å²) in [6.07, 6.45) is -2.64. The van der Waals surface area contributed by atoms with E-state index >= 15 is 0 Å². The van der Waals surface area contributed by atoms with E-state index < -0.39 is 23.8 Å². The van der Waals surface area contributed by atoms with Crippen LogP contribution >= 0.6 is 11.6 Å². The highest BCUT2D eigenvalue weighted by atomic mass is 35.5. The van der Waals surface area contributed by atoms with Gasteiger partial charge in [-0.25, -0.2) is 4.39 Å². The molecule has 0 aliphatic carbocycles. The SMILES string of the molecule is O=C(C[C@@H](F)C(=O)Cl)OCc1ccccc1. The van der Waals surface area contributed by atoms with E-state index in [0.29, 0.717) is 0 Å². The molecule has 1 rings (SSSR count). The molecule has 1 atom stereocenters. The van der Waals surface area contributed by atoms with Crippen molar-refractivity contribution in [3.63, 3.8) is 0 Å². The maximum Gasteiger partial charge on any atom is 0.309 e. The molecule has 0 N–H and O–H groups in total. The van der Waals surface area contributed by atoms with Gasteiger partial charge in [0.05, 0.1) is 6.42 Å². The molecule has 0 saturated carbocycles. The zero-order valence-corrected chi connectivity index (χ0v) is 9.11. The summed E-state index contributed by atoms with van der Waals surface area (Å²) < 4.78 is 17.5. The van der Waals surface area contributed by atoms with E-state index in [1.165, 1.54) is 0 Å². The minimum absolute atomic E-state index is 0.0584. The molecule has 0 fully saturated rings. The zero-order chi connectivity index (χ0) is 12.0. The fourth-order valence-electron chi connectivity index (χ4n) is 1.02. The summed E-state index contributed by atoms with van der Waals surface area (Å²) in [4.78, 5) is 21.4. The fourth-order valence-corrected chi connectivity index (χ4v) is 1.10. The monoisotopic (exact) mass is 244 g/mol. The van der Waals surface area contributed by atoms with Crippen LogP contribution in [0.25, 0.3) is 0 Å². The number of esters is 1. The topological polar surface area (TPSA) is 43.4 Å². The maximum atomic E-state index is 12.7. The number of carbonyl (C=O) groups excluding carboxylic acids is 2. The number of alkyl halides is 1. The van der Waals surface area contributed by atoms with E-state index in [1.807, 2.05) is 6.07 Å². The Kier molecular flexibility index (Phi) is 4.92. The molecule has 1 aromatic rings. The molecule has 86 valence electrons. The van der Waals surface area contributed by atoms with Crippen molar-refractivity contribution in [3.8, 4) is 0 Å². The van der Waals surface area contributed by atoms with Crippen LogP contribution in [0.4, 0.5) is 4.39 Å². The molecule has 0 aliphatic rings. The maximum absolute atomic E-state index is 12.7. The van der Waals surface area contributed by atoms with Crippen molar-refractivity contribution in [2.75, 3.05) is 0 Å². The first kappa shape index (κ1) is 12.6. The normalized spacial score (nSPS) is 11.9. The van der Waals surface area contributed by atoms with E-state index in [2.05, 4.69) is 0 Å². The van der Waals surface area contributed by atoms with Gasteiger partial charge in [-0.15, -0.1) is 0 Å². The second-order valence-electron chi connectivity index (χ2n) is 3.12. The Morgan fingerprint density at radius 1 is 1.31 bits per heavy atom. The zero-order valence-electron chi connectivity index (χ0n) is 8.36. The van der Waals surface area contributed by atoms with Crippen molar-refractivity contribution in [2.45, 2.75) is 19.2 Å². The van der Waals surface area contributed by atoms with Gasteiger partial charge in [0.1, 0.15) is 6.61 Å². The van der Waals surface area contributed by atoms with Crippen LogP contribution in [0.1, 0.15) is 12.0 Å². The average molecular weight is 245 g/mol. The third-order valence-electron chi connectivity index (χ3n) is 1.83. The second kappa shape index (κ2) is 6.23. The van der Waals surface area contributed by atoms with Gasteiger partial charge in [-0.3, -0.25) is 9.59 Å². The minimum Gasteiger partial charge on any atom is -0.461 e. The molecule has 0 aliphatic heterocycles. The Balaban J connectivity index is 2.33. The predicted octanol–water partition coefficient (Wildman–Crippen LogP) is 2.22. The van der Waals surface area contributed by atoms with Crippen molar-refractivity contribution in [1.29, 1.82) is 0 Å². The number of hydrogen-bond donors (Lipinski definition) is 0. The molecule has 16 heavy (non-hydrogen) atoms. The molecule has 0 amide bonds. The molecule has 1 aromatic carbocycles. The molecule has 5 heteroatoms. The van der Waals surface area contributed by atoms with Crippen molar-refractivity contribution < 1.29 is 18.7 Å². The molecule has 0 radical (unpaired) electrons. The number of rotatable bonds is 5. The third-order valence-corrected chi connectivity index (χ3v) is 2.07. The number of carbonyl (C=O) groups is 2.